The molecule has 9 heteroatoms. The summed E-state index contributed by atoms with van der Waals surface area (Å²) in [7, 11) is 3.00. The van der Waals surface area contributed by atoms with E-state index in [0.29, 0.717) is 41.0 Å². The van der Waals surface area contributed by atoms with Gasteiger partial charge in [0.25, 0.3) is 11.5 Å². The second kappa shape index (κ2) is 11.3. The summed E-state index contributed by atoms with van der Waals surface area (Å²) in [6.45, 7) is 5.02. The fraction of sp³-hybridized carbons (Fsp3) is 0.360. The lowest BCUT2D eigenvalue weighted by molar-refractivity contribution is -0.130. The number of benzene rings is 2. The molecular formula is C25H30N4O5. The molecule has 180 valence electrons. The van der Waals surface area contributed by atoms with Crippen molar-refractivity contribution < 1.29 is 19.1 Å². The number of rotatable bonds is 10. The summed E-state index contributed by atoms with van der Waals surface area (Å²) in [6, 6.07) is 11.7. The Labute approximate surface area is 198 Å². The van der Waals surface area contributed by atoms with Crippen LogP contribution in [-0.2, 0) is 4.79 Å². The van der Waals surface area contributed by atoms with Gasteiger partial charge in [0, 0.05) is 24.5 Å². The van der Waals surface area contributed by atoms with E-state index in [2.05, 4.69) is 17.3 Å². The van der Waals surface area contributed by atoms with Crippen molar-refractivity contribution in [2.24, 2.45) is 0 Å². The first-order valence-corrected chi connectivity index (χ1v) is 11.3. The lowest BCUT2D eigenvalue weighted by Gasteiger charge is -2.21. The molecule has 2 amide bonds. The van der Waals surface area contributed by atoms with Crippen molar-refractivity contribution in [2.75, 3.05) is 33.9 Å². The Bertz CT molecular complexity index is 1240. The molecule has 3 rings (SSSR count). The lowest BCUT2D eigenvalue weighted by atomic mass is 10.1. The van der Waals surface area contributed by atoms with E-state index >= 15 is 0 Å². The number of amides is 2. The van der Waals surface area contributed by atoms with Gasteiger partial charge in [-0.3, -0.25) is 14.4 Å². The van der Waals surface area contributed by atoms with Crippen LogP contribution in [0.15, 0.2) is 47.3 Å². The van der Waals surface area contributed by atoms with Crippen LogP contribution in [0.4, 0.5) is 0 Å². The maximum absolute atomic E-state index is 13.2. The minimum Gasteiger partial charge on any atom is -0.497 e. The molecule has 0 bridgehead atoms. The van der Waals surface area contributed by atoms with E-state index < -0.39 is 11.5 Å². The van der Waals surface area contributed by atoms with Gasteiger partial charge in [0.1, 0.15) is 17.2 Å². The zero-order chi connectivity index (χ0) is 24.7. The third-order valence-corrected chi connectivity index (χ3v) is 5.55. The molecule has 0 radical (unpaired) electrons. The zero-order valence-electron chi connectivity index (χ0n) is 20.0. The van der Waals surface area contributed by atoms with Crippen molar-refractivity contribution in [3.63, 3.8) is 0 Å². The summed E-state index contributed by atoms with van der Waals surface area (Å²) in [5, 5.41) is 7.77. The van der Waals surface area contributed by atoms with Gasteiger partial charge >= 0.3 is 0 Å². The maximum atomic E-state index is 13.2. The number of nitrogens with zero attached hydrogens (tertiary/aromatic N) is 3. The summed E-state index contributed by atoms with van der Waals surface area (Å²) in [6.07, 6.45) is 1.87. The summed E-state index contributed by atoms with van der Waals surface area (Å²) in [5.74, 6) is 0.200. The van der Waals surface area contributed by atoms with E-state index in [-0.39, 0.29) is 18.1 Å². The average Bonchev–Trinajstić information content (AvgIpc) is 2.87. The van der Waals surface area contributed by atoms with E-state index in [1.165, 1.54) is 14.2 Å². The molecule has 3 aromatic rings. The van der Waals surface area contributed by atoms with Gasteiger partial charge < -0.3 is 19.7 Å². The maximum Gasteiger partial charge on any atom is 0.279 e. The molecule has 0 saturated carbocycles. The van der Waals surface area contributed by atoms with Crippen molar-refractivity contribution in [1.29, 1.82) is 0 Å². The SMILES string of the molecule is CCCCN(CC)C(=O)CNC(=O)c1nn(-c2ccc(OC)cc2OC)c(=O)c2ccccc12. The van der Waals surface area contributed by atoms with Crippen molar-refractivity contribution in [2.45, 2.75) is 26.7 Å². The van der Waals surface area contributed by atoms with E-state index in [0.717, 1.165) is 17.5 Å². The van der Waals surface area contributed by atoms with Crippen LogP contribution < -0.4 is 20.3 Å². The third-order valence-electron chi connectivity index (χ3n) is 5.55. The summed E-state index contributed by atoms with van der Waals surface area (Å²) < 4.78 is 11.8. The number of nitrogens with one attached hydrogen (secondary N) is 1. The number of carbonyl (C=O) groups is 2. The van der Waals surface area contributed by atoms with Gasteiger partial charge in [0.05, 0.1) is 26.2 Å². The first-order valence-electron chi connectivity index (χ1n) is 11.3. The van der Waals surface area contributed by atoms with Crippen LogP contribution >= 0.6 is 0 Å². The van der Waals surface area contributed by atoms with E-state index in [1.54, 1.807) is 47.4 Å². The van der Waals surface area contributed by atoms with Crippen molar-refractivity contribution in [1.82, 2.24) is 20.0 Å². The van der Waals surface area contributed by atoms with E-state index in [4.69, 9.17) is 9.47 Å². The molecule has 1 aromatic heterocycles. The molecule has 0 aliphatic rings. The van der Waals surface area contributed by atoms with Crippen molar-refractivity contribution >= 4 is 22.6 Å². The molecule has 34 heavy (non-hydrogen) atoms. The smallest absolute Gasteiger partial charge is 0.279 e. The molecular weight excluding hydrogens is 436 g/mol. The standard InChI is InChI=1S/C25H30N4O5/c1-5-7-14-28(6-2)22(30)16-26-24(31)23-18-10-8-9-11-19(18)25(32)29(27-23)20-13-12-17(33-3)15-21(20)34-4/h8-13,15H,5-7,14,16H2,1-4H3,(H,26,31). The highest BCUT2D eigenvalue weighted by Crippen LogP contribution is 2.27. The monoisotopic (exact) mass is 466 g/mol. The first kappa shape index (κ1) is 24.8. The average molecular weight is 467 g/mol. The van der Waals surface area contributed by atoms with Gasteiger partial charge in [-0.15, -0.1) is 0 Å². The molecule has 1 N–H and O–H groups in total. The Balaban J connectivity index is 2.00. The molecule has 0 spiro atoms. The normalized spacial score (nSPS) is 10.7. The number of fused-ring (bicyclic) bond motifs is 1. The molecule has 0 unspecified atom stereocenters. The predicted molar refractivity (Wildman–Crippen MR) is 130 cm³/mol. The summed E-state index contributed by atoms with van der Waals surface area (Å²) in [4.78, 5) is 40.6. The van der Waals surface area contributed by atoms with Crippen molar-refractivity contribution in [3.8, 4) is 17.2 Å². The number of carbonyl (C=O) groups excluding carboxylic acids is 2. The first-order chi connectivity index (χ1) is 16.4. The number of aromatic nitrogens is 2. The van der Waals surface area contributed by atoms with Crippen LogP contribution in [0.25, 0.3) is 16.5 Å². The Morgan fingerprint density at radius 2 is 1.79 bits per heavy atom. The second-order valence-corrected chi connectivity index (χ2v) is 7.66. The molecule has 0 saturated heterocycles. The molecule has 2 aromatic carbocycles. The van der Waals surface area contributed by atoms with Gasteiger partial charge in [0.2, 0.25) is 5.91 Å². The predicted octanol–water partition coefficient (Wildman–Crippen LogP) is 2.78. The fourth-order valence-electron chi connectivity index (χ4n) is 3.64. The van der Waals surface area contributed by atoms with Crippen LogP contribution in [0.1, 0.15) is 37.2 Å². The number of methoxy groups -OCH3 is 2. The minimum atomic E-state index is -0.544. The van der Waals surface area contributed by atoms with Gasteiger partial charge in [-0.1, -0.05) is 31.5 Å². The van der Waals surface area contributed by atoms with Crippen LogP contribution in [0.5, 0.6) is 11.5 Å². The van der Waals surface area contributed by atoms with Crippen LogP contribution in [-0.4, -0.2) is 60.3 Å². The number of unbranched alkanes of at least 4 members (excludes halogenated alkanes) is 1. The Kier molecular flexibility index (Phi) is 8.24. The summed E-state index contributed by atoms with van der Waals surface area (Å²) in [5.41, 5.74) is 0.00166. The van der Waals surface area contributed by atoms with Crippen LogP contribution in [0, 0.1) is 0 Å². The highest BCUT2D eigenvalue weighted by atomic mass is 16.5. The van der Waals surface area contributed by atoms with Crippen LogP contribution in [0.2, 0.25) is 0 Å². The summed E-state index contributed by atoms with van der Waals surface area (Å²) >= 11 is 0. The molecule has 0 aliphatic heterocycles. The largest absolute Gasteiger partial charge is 0.497 e. The Morgan fingerprint density at radius 3 is 2.44 bits per heavy atom. The molecule has 0 fully saturated rings. The lowest BCUT2D eigenvalue weighted by Crippen LogP contribution is -2.41. The van der Waals surface area contributed by atoms with Gasteiger partial charge in [0.15, 0.2) is 5.69 Å². The van der Waals surface area contributed by atoms with E-state index in [1.807, 2.05) is 6.92 Å². The highest BCUT2D eigenvalue weighted by molar-refractivity contribution is 6.05. The topological polar surface area (TPSA) is 103 Å². The Hall–Kier alpha value is -3.88. The molecule has 9 nitrogen and oxygen atoms in total. The fourth-order valence-corrected chi connectivity index (χ4v) is 3.64. The van der Waals surface area contributed by atoms with Gasteiger partial charge in [-0.2, -0.15) is 9.78 Å². The van der Waals surface area contributed by atoms with E-state index in [9.17, 15) is 14.4 Å². The molecule has 1 heterocycles. The van der Waals surface area contributed by atoms with Gasteiger partial charge in [-0.25, -0.2) is 0 Å². The Morgan fingerprint density at radius 1 is 1.06 bits per heavy atom. The second-order valence-electron chi connectivity index (χ2n) is 7.66. The number of hydrogen-bond acceptors (Lipinski definition) is 6. The number of hydrogen-bond donors (Lipinski definition) is 1. The third kappa shape index (κ3) is 5.19. The highest BCUT2D eigenvalue weighted by Gasteiger charge is 2.20. The molecule has 0 atom stereocenters. The zero-order valence-corrected chi connectivity index (χ0v) is 20.0. The van der Waals surface area contributed by atoms with Gasteiger partial charge in [-0.05, 0) is 31.5 Å². The number of ether oxygens (including phenoxy) is 2. The van der Waals surface area contributed by atoms with Crippen molar-refractivity contribution in [3.05, 3.63) is 58.5 Å². The van der Waals surface area contributed by atoms with Crippen LogP contribution in [0.3, 0.4) is 0 Å². The minimum absolute atomic E-state index is 0.0393. The quantitative estimate of drug-likeness (QED) is 0.493. The number of likely N-dealkylation sites (N-methyl/N-ethyl adjacent to an activating group) is 1. The molecule has 0 aliphatic carbocycles.